The van der Waals surface area contributed by atoms with Gasteiger partial charge in [-0.2, -0.15) is 0 Å². The van der Waals surface area contributed by atoms with E-state index in [1.807, 2.05) is 64.3 Å². The minimum atomic E-state index is 0. The molecule has 0 aliphatic carbocycles. The van der Waals surface area contributed by atoms with Crippen molar-refractivity contribution >= 4 is 35.6 Å². The average molecular weight is 499 g/mol. The number of nitrogens with zero attached hydrogens (tertiary/aromatic N) is 3. The Morgan fingerprint density at radius 3 is 2.57 bits per heavy atom. The molecule has 0 unspecified atom stereocenters. The fourth-order valence-corrected chi connectivity index (χ4v) is 2.21. The smallest absolute Gasteiger partial charge is 0.213 e. The molecular weight excluding hydrogens is 469 g/mol. The van der Waals surface area contributed by atoms with Gasteiger partial charge in [0.2, 0.25) is 5.88 Å². The molecule has 2 rings (SSSR count). The molecule has 0 atom stereocenters. The van der Waals surface area contributed by atoms with E-state index >= 15 is 0 Å². The summed E-state index contributed by atoms with van der Waals surface area (Å²) >= 11 is 0. The van der Waals surface area contributed by atoms with Crippen LogP contribution in [0.15, 0.2) is 47.6 Å². The molecule has 7 nitrogen and oxygen atoms in total. The quantitative estimate of drug-likeness (QED) is 0.313. The molecule has 0 saturated heterocycles. The number of anilines is 1. The van der Waals surface area contributed by atoms with Crippen LogP contribution in [-0.4, -0.2) is 49.2 Å². The summed E-state index contributed by atoms with van der Waals surface area (Å²) in [5, 5.41) is 3.07. The molecular formula is C20H30IN5O2. The third-order valence-electron chi connectivity index (χ3n) is 3.52. The molecule has 154 valence electrons. The number of nitrogens with one attached hydrogen (secondary N) is 1. The number of ether oxygens (including phenoxy) is 2. The van der Waals surface area contributed by atoms with Crippen LogP contribution in [0.4, 0.5) is 5.69 Å². The second-order valence-electron chi connectivity index (χ2n) is 6.67. The summed E-state index contributed by atoms with van der Waals surface area (Å²) in [6.07, 6.45) is 1.86. The highest BCUT2D eigenvalue weighted by molar-refractivity contribution is 14.0. The van der Waals surface area contributed by atoms with Crippen molar-refractivity contribution < 1.29 is 9.47 Å². The summed E-state index contributed by atoms with van der Waals surface area (Å²) in [5.74, 6) is 1.76. The third-order valence-corrected chi connectivity index (χ3v) is 3.52. The molecule has 0 bridgehead atoms. The van der Waals surface area contributed by atoms with Gasteiger partial charge in [-0.15, -0.1) is 24.0 Å². The molecule has 8 heteroatoms. The Bertz CT molecular complexity index is 736. The van der Waals surface area contributed by atoms with Gasteiger partial charge in [0.05, 0.1) is 12.6 Å². The van der Waals surface area contributed by atoms with Gasteiger partial charge in [0, 0.05) is 24.5 Å². The van der Waals surface area contributed by atoms with E-state index in [1.165, 1.54) is 0 Å². The van der Waals surface area contributed by atoms with Gasteiger partial charge in [-0.3, -0.25) is 0 Å². The first-order valence-corrected chi connectivity index (χ1v) is 8.98. The minimum Gasteiger partial charge on any atom is -0.491 e. The first kappa shape index (κ1) is 24.0. The fraction of sp³-hybridized carbons (Fsp3) is 0.400. The lowest BCUT2D eigenvalue weighted by atomic mass is 10.3. The van der Waals surface area contributed by atoms with Crippen LogP contribution in [0, 0.1) is 0 Å². The van der Waals surface area contributed by atoms with E-state index in [-0.39, 0.29) is 30.1 Å². The molecule has 0 radical (unpaired) electrons. The number of nitrogens with two attached hydrogens (primary N) is 1. The molecule has 1 heterocycles. The Kier molecular flexibility index (Phi) is 10.6. The van der Waals surface area contributed by atoms with E-state index in [4.69, 9.17) is 15.2 Å². The fourth-order valence-electron chi connectivity index (χ4n) is 2.21. The lowest BCUT2D eigenvalue weighted by molar-refractivity contribution is 0.242. The molecule has 1 aromatic carbocycles. The van der Waals surface area contributed by atoms with Crippen molar-refractivity contribution in [1.29, 1.82) is 0 Å². The molecule has 3 N–H and O–H groups in total. The maximum atomic E-state index is 5.98. The first-order valence-electron chi connectivity index (χ1n) is 8.98. The van der Waals surface area contributed by atoms with Gasteiger partial charge in [0.25, 0.3) is 0 Å². The van der Waals surface area contributed by atoms with Gasteiger partial charge in [-0.05, 0) is 63.8 Å². The van der Waals surface area contributed by atoms with Crippen LogP contribution >= 0.6 is 24.0 Å². The molecule has 0 spiro atoms. The maximum absolute atomic E-state index is 5.98. The van der Waals surface area contributed by atoms with E-state index in [0.29, 0.717) is 25.0 Å². The van der Waals surface area contributed by atoms with Gasteiger partial charge in [0.15, 0.2) is 5.96 Å². The highest BCUT2D eigenvalue weighted by Gasteiger charge is 2.01. The maximum Gasteiger partial charge on any atom is 0.213 e. The van der Waals surface area contributed by atoms with Gasteiger partial charge in [-0.1, -0.05) is 0 Å². The normalized spacial score (nSPS) is 11.3. The minimum absolute atomic E-state index is 0. The second-order valence-corrected chi connectivity index (χ2v) is 6.67. The molecule has 0 aliphatic rings. The Morgan fingerprint density at radius 1 is 1.21 bits per heavy atom. The van der Waals surface area contributed by atoms with E-state index in [2.05, 4.69) is 20.2 Å². The Balaban J connectivity index is 0.00000392. The summed E-state index contributed by atoms with van der Waals surface area (Å²) in [5.41, 5.74) is 7.82. The number of hydrogen-bond acceptors (Lipinski definition) is 5. The Morgan fingerprint density at radius 2 is 1.93 bits per heavy atom. The number of benzene rings is 1. The zero-order valence-corrected chi connectivity index (χ0v) is 19.2. The number of pyridine rings is 1. The van der Waals surface area contributed by atoms with Crippen molar-refractivity contribution in [2.75, 3.05) is 32.6 Å². The van der Waals surface area contributed by atoms with Gasteiger partial charge < -0.3 is 25.4 Å². The van der Waals surface area contributed by atoms with Crippen molar-refractivity contribution in [2.24, 2.45) is 10.7 Å². The van der Waals surface area contributed by atoms with E-state index < -0.39 is 0 Å². The number of aromatic nitrogens is 1. The summed E-state index contributed by atoms with van der Waals surface area (Å²) in [6, 6.07) is 11.4. The van der Waals surface area contributed by atoms with E-state index in [9.17, 15) is 0 Å². The molecule has 0 amide bonds. The summed E-state index contributed by atoms with van der Waals surface area (Å²) < 4.78 is 11.3. The number of hydrogen-bond donors (Lipinski definition) is 2. The van der Waals surface area contributed by atoms with Crippen LogP contribution in [0.1, 0.15) is 19.4 Å². The molecule has 28 heavy (non-hydrogen) atoms. The van der Waals surface area contributed by atoms with Crippen molar-refractivity contribution in [2.45, 2.75) is 26.5 Å². The zero-order valence-electron chi connectivity index (χ0n) is 16.9. The highest BCUT2D eigenvalue weighted by atomic mass is 127. The first-order chi connectivity index (χ1) is 12.9. The van der Waals surface area contributed by atoms with E-state index in [0.717, 1.165) is 23.5 Å². The average Bonchev–Trinajstić information content (AvgIpc) is 2.61. The van der Waals surface area contributed by atoms with Crippen LogP contribution in [0.25, 0.3) is 0 Å². The van der Waals surface area contributed by atoms with Gasteiger partial charge >= 0.3 is 0 Å². The summed E-state index contributed by atoms with van der Waals surface area (Å²) in [4.78, 5) is 10.6. The molecule has 0 fully saturated rings. The molecule has 1 aromatic heterocycles. The van der Waals surface area contributed by atoms with Crippen molar-refractivity contribution in [1.82, 2.24) is 9.88 Å². The number of aliphatic imine (C=N–C) groups is 1. The zero-order chi connectivity index (χ0) is 19.6. The van der Waals surface area contributed by atoms with Crippen LogP contribution in [0.5, 0.6) is 11.6 Å². The topological polar surface area (TPSA) is 85.0 Å². The van der Waals surface area contributed by atoms with Crippen LogP contribution < -0.4 is 20.5 Å². The second kappa shape index (κ2) is 12.4. The van der Waals surface area contributed by atoms with Gasteiger partial charge in [0.1, 0.15) is 12.4 Å². The Hall–Kier alpha value is -2.07. The van der Waals surface area contributed by atoms with Crippen LogP contribution in [-0.2, 0) is 6.54 Å². The monoisotopic (exact) mass is 499 g/mol. The van der Waals surface area contributed by atoms with Crippen molar-refractivity contribution in [3.63, 3.8) is 0 Å². The lowest BCUT2D eigenvalue weighted by Gasteiger charge is -2.11. The predicted octanol–water partition coefficient (Wildman–Crippen LogP) is 3.35. The van der Waals surface area contributed by atoms with Gasteiger partial charge in [-0.25, -0.2) is 9.98 Å². The van der Waals surface area contributed by atoms with Crippen molar-refractivity contribution in [3.8, 4) is 11.6 Å². The highest BCUT2D eigenvalue weighted by Crippen LogP contribution is 2.17. The molecule has 0 saturated carbocycles. The summed E-state index contributed by atoms with van der Waals surface area (Å²) in [7, 11) is 4.01. The lowest BCUT2D eigenvalue weighted by Crippen LogP contribution is -2.22. The predicted molar refractivity (Wildman–Crippen MR) is 125 cm³/mol. The Labute approximate surface area is 184 Å². The van der Waals surface area contributed by atoms with Crippen LogP contribution in [0.3, 0.4) is 0 Å². The summed E-state index contributed by atoms with van der Waals surface area (Å²) in [6.45, 7) is 5.86. The standard InChI is InChI=1S/C20H29N5O2.HI/c1-15(2)27-18-7-5-17(6-8-18)24-20(21)23-14-16-9-10-22-19(13-16)26-12-11-25(3)4;/h5-10,13,15H,11-12,14H2,1-4H3,(H3,21,23,24);1H. The molecule has 0 aliphatic heterocycles. The largest absolute Gasteiger partial charge is 0.491 e. The van der Waals surface area contributed by atoms with Crippen molar-refractivity contribution in [3.05, 3.63) is 48.2 Å². The number of halogens is 1. The number of likely N-dealkylation sites (N-methyl/N-ethyl adjacent to an activating group) is 1. The third kappa shape index (κ3) is 9.23. The number of guanidine groups is 1. The molecule has 2 aromatic rings. The number of rotatable bonds is 9. The SMILES string of the molecule is CC(C)Oc1ccc(NC(N)=NCc2ccnc(OCCN(C)C)c2)cc1.I. The van der Waals surface area contributed by atoms with E-state index in [1.54, 1.807) is 6.20 Å². The van der Waals surface area contributed by atoms with Crippen LogP contribution in [0.2, 0.25) is 0 Å².